The van der Waals surface area contributed by atoms with Gasteiger partial charge in [-0.2, -0.15) is 0 Å². The smallest absolute Gasteiger partial charge is 0.251 e. The SMILES string of the molecule is CCCC(CN)(CCC)NC(=O)c1ccc(OC)cc1. The number of nitrogens with one attached hydrogen (secondary N) is 1. The quantitative estimate of drug-likeness (QED) is 0.768. The number of hydrogen-bond donors (Lipinski definition) is 2. The third-order valence-electron chi connectivity index (χ3n) is 3.58. The Kier molecular flexibility index (Phi) is 6.52. The van der Waals surface area contributed by atoms with E-state index in [9.17, 15) is 4.79 Å². The van der Waals surface area contributed by atoms with Crippen molar-refractivity contribution in [1.29, 1.82) is 0 Å². The number of methoxy groups -OCH3 is 1. The Hall–Kier alpha value is -1.55. The van der Waals surface area contributed by atoms with E-state index in [0.29, 0.717) is 12.1 Å². The van der Waals surface area contributed by atoms with Crippen LogP contribution in [0.25, 0.3) is 0 Å². The summed E-state index contributed by atoms with van der Waals surface area (Å²) in [6, 6.07) is 7.12. The molecule has 4 nitrogen and oxygen atoms in total. The first kappa shape index (κ1) is 16.5. The standard InChI is InChI=1S/C16H26N2O2/c1-4-10-16(12-17,11-5-2)18-15(19)13-6-8-14(20-3)9-7-13/h6-9H,4-5,10-12,17H2,1-3H3,(H,18,19). The molecule has 0 saturated heterocycles. The number of nitrogens with two attached hydrogens (primary N) is 1. The van der Waals surface area contributed by atoms with Crippen LogP contribution in [0.3, 0.4) is 0 Å². The third kappa shape index (κ3) is 4.23. The van der Waals surface area contributed by atoms with Gasteiger partial charge in [0.05, 0.1) is 12.6 Å². The number of rotatable bonds is 8. The van der Waals surface area contributed by atoms with Gasteiger partial charge in [-0.15, -0.1) is 0 Å². The number of carbonyl (C=O) groups excluding carboxylic acids is 1. The highest BCUT2D eigenvalue weighted by Gasteiger charge is 2.28. The number of ether oxygens (including phenoxy) is 1. The lowest BCUT2D eigenvalue weighted by Gasteiger charge is -2.33. The van der Waals surface area contributed by atoms with Gasteiger partial charge >= 0.3 is 0 Å². The van der Waals surface area contributed by atoms with E-state index in [4.69, 9.17) is 10.5 Å². The predicted molar refractivity (Wildman–Crippen MR) is 82.1 cm³/mol. The lowest BCUT2D eigenvalue weighted by atomic mass is 9.88. The van der Waals surface area contributed by atoms with Crippen LogP contribution in [0.1, 0.15) is 49.9 Å². The Morgan fingerprint density at radius 1 is 1.20 bits per heavy atom. The first-order valence-corrected chi connectivity index (χ1v) is 7.27. The van der Waals surface area contributed by atoms with Crippen molar-refractivity contribution >= 4 is 5.91 Å². The summed E-state index contributed by atoms with van der Waals surface area (Å²) < 4.78 is 5.10. The molecule has 0 bridgehead atoms. The van der Waals surface area contributed by atoms with Crippen LogP contribution in [0.5, 0.6) is 5.75 Å². The van der Waals surface area contributed by atoms with Gasteiger partial charge in [-0.25, -0.2) is 0 Å². The van der Waals surface area contributed by atoms with Crippen LogP contribution >= 0.6 is 0 Å². The van der Waals surface area contributed by atoms with Crippen LogP contribution in [-0.4, -0.2) is 25.1 Å². The molecule has 3 N–H and O–H groups in total. The molecule has 0 aromatic heterocycles. The van der Waals surface area contributed by atoms with Gasteiger partial charge in [0.1, 0.15) is 5.75 Å². The minimum atomic E-state index is -0.291. The summed E-state index contributed by atoms with van der Waals surface area (Å²) in [5.74, 6) is 0.675. The molecule has 0 fully saturated rings. The van der Waals surface area contributed by atoms with Crippen LogP contribution in [-0.2, 0) is 0 Å². The Morgan fingerprint density at radius 3 is 2.15 bits per heavy atom. The molecule has 0 aliphatic heterocycles. The summed E-state index contributed by atoms with van der Waals surface area (Å²) in [6.07, 6.45) is 3.80. The summed E-state index contributed by atoms with van der Waals surface area (Å²) in [4.78, 5) is 12.4. The summed E-state index contributed by atoms with van der Waals surface area (Å²) >= 11 is 0. The summed E-state index contributed by atoms with van der Waals surface area (Å²) in [5.41, 5.74) is 6.26. The van der Waals surface area contributed by atoms with Gasteiger partial charge in [0, 0.05) is 12.1 Å². The Bertz CT molecular complexity index is 409. The van der Waals surface area contributed by atoms with Crippen molar-refractivity contribution in [1.82, 2.24) is 5.32 Å². The maximum Gasteiger partial charge on any atom is 0.251 e. The molecule has 0 spiro atoms. The topological polar surface area (TPSA) is 64.3 Å². The lowest BCUT2D eigenvalue weighted by Crippen LogP contribution is -2.53. The molecule has 1 aromatic carbocycles. The van der Waals surface area contributed by atoms with Crippen molar-refractivity contribution in [3.05, 3.63) is 29.8 Å². The zero-order chi connectivity index (χ0) is 15.0. The van der Waals surface area contributed by atoms with E-state index in [0.717, 1.165) is 31.4 Å². The van der Waals surface area contributed by atoms with Crippen molar-refractivity contribution in [2.24, 2.45) is 5.73 Å². The Morgan fingerprint density at radius 2 is 1.75 bits per heavy atom. The predicted octanol–water partition coefficient (Wildman–Crippen LogP) is 2.72. The van der Waals surface area contributed by atoms with Gasteiger partial charge in [0.15, 0.2) is 0 Å². The number of benzene rings is 1. The van der Waals surface area contributed by atoms with Crippen molar-refractivity contribution in [3.8, 4) is 5.75 Å². The fourth-order valence-electron chi connectivity index (χ4n) is 2.52. The van der Waals surface area contributed by atoms with E-state index in [2.05, 4.69) is 19.2 Å². The fourth-order valence-corrected chi connectivity index (χ4v) is 2.52. The van der Waals surface area contributed by atoms with Crippen LogP contribution < -0.4 is 15.8 Å². The molecule has 0 aliphatic carbocycles. The molecule has 20 heavy (non-hydrogen) atoms. The first-order valence-electron chi connectivity index (χ1n) is 7.27. The van der Waals surface area contributed by atoms with Gasteiger partial charge in [0.25, 0.3) is 5.91 Å². The molecule has 0 aliphatic rings. The van der Waals surface area contributed by atoms with Crippen LogP contribution in [0, 0.1) is 0 Å². The molecule has 112 valence electrons. The van der Waals surface area contributed by atoms with Gasteiger partial charge in [-0.05, 0) is 37.1 Å². The summed E-state index contributed by atoms with van der Waals surface area (Å²) in [5, 5.41) is 3.13. The molecule has 1 amide bonds. The zero-order valence-electron chi connectivity index (χ0n) is 12.7. The van der Waals surface area contributed by atoms with E-state index in [1.54, 1.807) is 31.4 Å². The largest absolute Gasteiger partial charge is 0.497 e. The number of carbonyl (C=O) groups is 1. The number of hydrogen-bond acceptors (Lipinski definition) is 3. The van der Waals surface area contributed by atoms with Gasteiger partial charge in [-0.3, -0.25) is 4.79 Å². The normalized spacial score (nSPS) is 11.2. The second-order valence-electron chi connectivity index (χ2n) is 5.17. The van der Waals surface area contributed by atoms with Gasteiger partial charge in [0.2, 0.25) is 0 Å². The molecule has 1 rings (SSSR count). The maximum atomic E-state index is 12.4. The monoisotopic (exact) mass is 278 g/mol. The molecule has 0 saturated carbocycles. The van der Waals surface area contributed by atoms with Crippen LogP contribution in [0.15, 0.2) is 24.3 Å². The summed E-state index contributed by atoms with van der Waals surface area (Å²) in [6.45, 7) is 4.69. The Labute approximate surface area is 121 Å². The highest BCUT2D eigenvalue weighted by atomic mass is 16.5. The molecule has 0 atom stereocenters. The van der Waals surface area contributed by atoms with E-state index in [1.807, 2.05) is 0 Å². The van der Waals surface area contributed by atoms with Gasteiger partial charge in [-0.1, -0.05) is 26.7 Å². The molecule has 0 radical (unpaired) electrons. The molecule has 1 aromatic rings. The molecule has 4 heteroatoms. The highest BCUT2D eigenvalue weighted by molar-refractivity contribution is 5.94. The van der Waals surface area contributed by atoms with E-state index < -0.39 is 0 Å². The van der Waals surface area contributed by atoms with Crippen LogP contribution in [0.4, 0.5) is 0 Å². The number of amides is 1. The second kappa shape index (κ2) is 7.90. The Balaban J connectivity index is 2.83. The zero-order valence-corrected chi connectivity index (χ0v) is 12.7. The first-order chi connectivity index (χ1) is 9.60. The molecule has 0 unspecified atom stereocenters. The van der Waals surface area contributed by atoms with Crippen molar-refractivity contribution < 1.29 is 9.53 Å². The molecule has 0 heterocycles. The van der Waals surface area contributed by atoms with E-state index in [-0.39, 0.29) is 11.4 Å². The maximum absolute atomic E-state index is 12.4. The van der Waals surface area contributed by atoms with Crippen molar-refractivity contribution in [3.63, 3.8) is 0 Å². The second-order valence-corrected chi connectivity index (χ2v) is 5.17. The average molecular weight is 278 g/mol. The fraction of sp³-hybridized carbons (Fsp3) is 0.562. The minimum absolute atomic E-state index is 0.0694. The van der Waals surface area contributed by atoms with Gasteiger partial charge < -0.3 is 15.8 Å². The molecular weight excluding hydrogens is 252 g/mol. The average Bonchev–Trinajstić information content (AvgIpc) is 2.47. The third-order valence-corrected chi connectivity index (χ3v) is 3.58. The van der Waals surface area contributed by atoms with Crippen molar-refractivity contribution in [2.45, 2.75) is 45.1 Å². The molecular formula is C16H26N2O2. The minimum Gasteiger partial charge on any atom is -0.497 e. The van der Waals surface area contributed by atoms with E-state index in [1.165, 1.54) is 0 Å². The lowest BCUT2D eigenvalue weighted by molar-refractivity contribution is 0.0888. The highest BCUT2D eigenvalue weighted by Crippen LogP contribution is 2.20. The van der Waals surface area contributed by atoms with Crippen molar-refractivity contribution in [2.75, 3.05) is 13.7 Å². The van der Waals surface area contributed by atoms with Crippen LogP contribution in [0.2, 0.25) is 0 Å². The van der Waals surface area contributed by atoms with E-state index >= 15 is 0 Å². The summed E-state index contributed by atoms with van der Waals surface area (Å²) in [7, 11) is 1.61.